The van der Waals surface area contributed by atoms with Gasteiger partial charge in [-0.2, -0.15) is 0 Å². The second-order valence-corrected chi connectivity index (χ2v) is 7.32. The van der Waals surface area contributed by atoms with Crippen LogP contribution in [0.3, 0.4) is 0 Å². The van der Waals surface area contributed by atoms with Gasteiger partial charge in [-0.3, -0.25) is 4.79 Å². The molecule has 5 heteroatoms. The third kappa shape index (κ3) is 6.05. The van der Waals surface area contributed by atoms with Crippen molar-refractivity contribution in [2.45, 2.75) is 32.6 Å². The van der Waals surface area contributed by atoms with Gasteiger partial charge in [0, 0.05) is 5.02 Å². The second-order valence-electron chi connectivity index (χ2n) is 6.89. The van der Waals surface area contributed by atoms with Crippen molar-refractivity contribution in [3.63, 3.8) is 0 Å². The minimum absolute atomic E-state index is 0.0245. The van der Waals surface area contributed by atoms with Gasteiger partial charge in [-0.1, -0.05) is 50.6 Å². The number of ether oxygens (including phenoxy) is 1. The Kier molecular flexibility index (Phi) is 6.43. The van der Waals surface area contributed by atoms with E-state index in [-0.39, 0.29) is 17.7 Å². The Hall–Kier alpha value is -2.07. The number of amides is 1. The molecule has 0 unspecified atom stereocenters. The zero-order valence-electron chi connectivity index (χ0n) is 14.7. The number of hydrogen-bond acceptors (Lipinski definition) is 2. The van der Waals surface area contributed by atoms with Crippen LogP contribution in [-0.2, 0) is 16.6 Å². The summed E-state index contributed by atoms with van der Waals surface area (Å²) in [6.45, 7) is 7.17. The predicted octanol–water partition coefficient (Wildman–Crippen LogP) is 4.51. The van der Waals surface area contributed by atoms with Gasteiger partial charge in [0.2, 0.25) is 5.91 Å². The van der Waals surface area contributed by atoms with Gasteiger partial charge in [0.25, 0.3) is 0 Å². The van der Waals surface area contributed by atoms with Crippen molar-refractivity contribution in [1.29, 1.82) is 0 Å². The van der Waals surface area contributed by atoms with E-state index in [1.54, 1.807) is 6.07 Å². The van der Waals surface area contributed by atoms with Crippen molar-refractivity contribution in [3.8, 4) is 5.75 Å². The molecule has 0 saturated heterocycles. The lowest BCUT2D eigenvalue weighted by molar-refractivity contribution is -0.120. The van der Waals surface area contributed by atoms with Crippen LogP contribution in [0.25, 0.3) is 0 Å². The maximum absolute atomic E-state index is 13.6. The van der Waals surface area contributed by atoms with Gasteiger partial charge in [-0.15, -0.1) is 0 Å². The zero-order valence-corrected chi connectivity index (χ0v) is 15.5. The van der Waals surface area contributed by atoms with Crippen LogP contribution in [0.4, 0.5) is 4.39 Å². The Morgan fingerprint density at radius 2 is 1.84 bits per heavy atom. The highest BCUT2D eigenvalue weighted by Gasteiger charge is 2.13. The van der Waals surface area contributed by atoms with Crippen LogP contribution in [0.2, 0.25) is 5.02 Å². The smallest absolute Gasteiger partial charge is 0.224 e. The molecule has 0 aliphatic carbocycles. The first kappa shape index (κ1) is 19.3. The van der Waals surface area contributed by atoms with Crippen LogP contribution in [0, 0.1) is 5.82 Å². The summed E-state index contributed by atoms with van der Waals surface area (Å²) in [5.74, 6) is 0.0248. The van der Waals surface area contributed by atoms with E-state index in [0.717, 1.165) is 5.75 Å². The number of rotatable bonds is 6. The monoisotopic (exact) mass is 363 g/mol. The molecule has 2 rings (SSSR count). The molecular formula is C20H23ClFNO2. The normalized spacial score (nSPS) is 11.2. The third-order valence-corrected chi connectivity index (χ3v) is 4.01. The molecule has 1 N–H and O–H groups in total. The molecule has 0 aliphatic rings. The van der Waals surface area contributed by atoms with E-state index >= 15 is 0 Å². The largest absolute Gasteiger partial charge is 0.492 e. The molecule has 25 heavy (non-hydrogen) atoms. The first-order valence-corrected chi connectivity index (χ1v) is 8.57. The molecule has 2 aromatic carbocycles. The van der Waals surface area contributed by atoms with E-state index in [9.17, 15) is 9.18 Å². The van der Waals surface area contributed by atoms with E-state index in [0.29, 0.717) is 23.7 Å². The summed E-state index contributed by atoms with van der Waals surface area (Å²) >= 11 is 5.69. The molecular weight excluding hydrogens is 341 g/mol. The van der Waals surface area contributed by atoms with Gasteiger partial charge in [0.1, 0.15) is 18.2 Å². The Balaban J connectivity index is 1.74. The van der Waals surface area contributed by atoms with Crippen LogP contribution in [0.5, 0.6) is 5.75 Å². The molecule has 0 spiro atoms. The summed E-state index contributed by atoms with van der Waals surface area (Å²) in [4.78, 5) is 11.8. The maximum atomic E-state index is 13.6. The predicted molar refractivity (Wildman–Crippen MR) is 98.8 cm³/mol. The molecule has 0 heterocycles. The maximum Gasteiger partial charge on any atom is 0.224 e. The fourth-order valence-corrected chi connectivity index (χ4v) is 2.47. The van der Waals surface area contributed by atoms with Crippen LogP contribution >= 0.6 is 11.6 Å². The summed E-state index contributed by atoms with van der Waals surface area (Å²) in [6.07, 6.45) is -0.0245. The molecule has 0 atom stereocenters. The molecule has 0 saturated carbocycles. The zero-order chi connectivity index (χ0) is 18.4. The van der Waals surface area contributed by atoms with Crippen molar-refractivity contribution in [2.75, 3.05) is 13.2 Å². The molecule has 0 aromatic heterocycles. The van der Waals surface area contributed by atoms with E-state index in [1.807, 2.05) is 24.3 Å². The average molecular weight is 364 g/mol. The van der Waals surface area contributed by atoms with Crippen molar-refractivity contribution in [3.05, 3.63) is 64.4 Å². The van der Waals surface area contributed by atoms with Gasteiger partial charge in [0.15, 0.2) is 0 Å². The number of carbonyl (C=O) groups excluding carboxylic acids is 1. The lowest BCUT2D eigenvalue weighted by Crippen LogP contribution is -2.29. The molecule has 0 bridgehead atoms. The van der Waals surface area contributed by atoms with E-state index in [4.69, 9.17) is 16.3 Å². The quantitative estimate of drug-likeness (QED) is 0.766. The molecule has 1 amide bonds. The highest BCUT2D eigenvalue weighted by atomic mass is 35.5. The first-order chi connectivity index (χ1) is 11.8. The standard InChI is InChI=1S/C20H23ClFNO2/c1-20(2,3)15-5-8-17(9-6-15)25-11-10-23-19(24)12-14-4-7-16(21)13-18(14)22/h4-9,13H,10-12H2,1-3H3,(H,23,24). The minimum atomic E-state index is -0.474. The Morgan fingerprint density at radius 3 is 2.44 bits per heavy atom. The number of carbonyl (C=O) groups is 1. The van der Waals surface area contributed by atoms with Crippen molar-refractivity contribution < 1.29 is 13.9 Å². The van der Waals surface area contributed by atoms with Gasteiger partial charge < -0.3 is 10.1 Å². The van der Waals surface area contributed by atoms with E-state index < -0.39 is 5.82 Å². The van der Waals surface area contributed by atoms with Gasteiger partial charge in [-0.25, -0.2) is 4.39 Å². The van der Waals surface area contributed by atoms with Gasteiger partial charge in [0.05, 0.1) is 13.0 Å². The Labute approximate surface area is 153 Å². The van der Waals surface area contributed by atoms with Crippen LogP contribution in [-0.4, -0.2) is 19.1 Å². The van der Waals surface area contributed by atoms with Crippen molar-refractivity contribution in [2.24, 2.45) is 0 Å². The number of hydrogen-bond donors (Lipinski definition) is 1. The molecule has 0 fully saturated rings. The molecule has 2 aromatic rings. The SMILES string of the molecule is CC(C)(C)c1ccc(OCCNC(=O)Cc2ccc(Cl)cc2F)cc1. The number of benzene rings is 2. The highest BCUT2D eigenvalue weighted by molar-refractivity contribution is 6.30. The topological polar surface area (TPSA) is 38.3 Å². The molecule has 134 valence electrons. The molecule has 3 nitrogen and oxygen atoms in total. The lowest BCUT2D eigenvalue weighted by Gasteiger charge is -2.19. The average Bonchev–Trinajstić information content (AvgIpc) is 2.54. The summed E-state index contributed by atoms with van der Waals surface area (Å²) in [5.41, 5.74) is 1.66. The summed E-state index contributed by atoms with van der Waals surface area (Å²) in [6, 6.07) is 12.2. The van der Waals surface area contributed by atoms with Crippen LogP contribution in [0.15, 0.2) is 42.5 Å². The fraction of sp³-hybridized carbons (Fsp3) is 0.350. The molecule has 0 aliphatic heterocycles. The summed E-state index contributed by atoms with van der Waals surface area (Å²) in [7, 11) is 0. The summed E-state index contributed by atoms with van der Waals surface area (Å²) < 4.78 is 19.3. The van der Waals surface area contributed by atoms with Crippen LogP contribution < -0.4 is 10.1 Å². The third-order valence-electron chi connectivity index (χ3n) is 3.78. The highest BCUT2D eigenvalue weighted by Crippen LogP contribution is 2.24. The molecule has 0 radical (unpaired) electrons. The fourth-order valence-electron chi connectivity index (χ4n) is 2.31. The number of halogens is 2. The second kappa shape index (κ2) is 8.34. The van der Waals surface area contributed by atoms with E-state index in [1.165, 1.54) is 17.7 Å². The Bertz CT molecular complexity index is 723. The van der Waals surface area contributed by atoms with Gasteiger partial charge in [-0.05, 0) is 40.8 Å². The lowest BCUT2D eigenvalue weighted by atomic mass is 9.87. The van der Waals surface area contributed by atoms with Crippen molar-refractivity contribution >= 4 is 17.5 Å². The minimum Gasteiger partial charge on any atom is -0.492 e. The van der Waals surface area contributed by atoms with Crippen molar-refractivity contribution in [1.82, 2.24) is 5.32 Å². The first-order valence-electron chi connectivity index (χ1n) is 8.19. The summed E-state index contributed by atoms with van der Waals surface area (Å²) in [5, 5.41) is 3.03. The Morgan fingerprint density at radius 1 is 1.16 bits per heavy atom. The van der Waals surface area contributed by atoms with E-state index in [2.05, 4.69) is 26.1 Å². The van der Waals surface area contributed by atoms with Crippen LogP contribution in [0.1, 0.15) is 31.9 Å². The number of nitrogens with one attached hydrogen (secondary N) is 1. The van der Waals surface area contributed by atoms with Gasteiger partial charge >= 0.3 is 0 Å².